The van der Waals surface area contributed by atoms with Gasteiger partial charge in [-0.1, -0.05) is 38.1 Å². The maximum absolute atomic E-state index is 13.1. The minimum Gasteiger partial charge on any atom is -0.336 e. The molecule has 7 nitrogen and oxygen atoms in total. The van der Waals surface area contributed by atoms with Crippen LogP contribution in [0.2, 0.25) is 0 Å². The molecule has 0 bridgehead atoms. The summed E-state index contributed by atoms with van der Waals surface area (Å²) in [7, 11) is 0. The monoisotopic (exact) mass is 398 g/mol. The molecule has 4 rings (SSSR count). The minimum atomic E-state index is -0.834. The Hall–Kier alpha value is -2.41. The molecule has 2 fully saturated rings. The molecule has 0 radical (unpaired) electrons. The molecule has 29 heavy (non-hydrogen) atoms. The van der Waals surface area contributed by atoms with Crippen molar-refractivity contribution in [3.63, 3.8) is 0 Å². The van der Waals surface area contributed by atoms with E-state index in [1.54, 1.807) is 4.90 Å². The molecule has 3 aliphatic heterocycles. The highest BCUT2D eigenvalue weighted by Crippen LogP contribution is 2.30. The van der Waals surface area contributed by atoms with Crippen LogP contribution in [0.5, 0.6) is 0 Å². The predicted octanol–water partition coefficient (Wildman–Crippen LogP) is 1.61. The summed E-state index contributed by atoms with van der Waals surface area (Å²) in [5.41, 5.74) is 1.57. The number of benzene rings is 1. The Labute approximate surface area is 172 Å². The van der Waals surface area contributed by atoms with E-state index >= 15 is 0 Å². The number of carbonyl (C=O) groups excluding carboxylic acids is 3. The van der Waals surface area contributed by atoms with Crippen molar-refractivity contribution in [3.05, 3.63) is 35.4 Å². The van der Waals surface area contributed by atoms with E-state index < -0.39 is 11.6 Å². The lowest BCUT2D eigenvalue weighted by Gasteiger charge is -2.38. The van der Waals surface area contributed by atoms with E-state index in [1.807, 2.05) is 18.2 Å². The number of imide groups is 1. The summed E-state index contributed by atoms with van der Waals surface area (Å²) in [6.45, 7) is 7.91. The van der Waals surface area contributed by atoms with Crippen molar-refractivity contribution in [2.45, 2.75) is 45.2 Å². The number of hydrogen-bond donors (Lipinski definition) is 1. The molecule has 7 heteroatoms. The first kappa shape index (κ1) is 19.9. The van der Waals surface area contributed by atoms with Crippen LogP contribution in [0.15, 0.2) is 24.3 Å². The standard InChI is InChI=1S/C22H30N4O3/c1-16(2)13-24-11-8-22(9-12-24)20(28)26(21(29)23-22)15-19(27)25-10-7-17-5-3-4-6-18(17)14-25/h3-6,16H,7-15H2,1-2H3,(H,23,29). The largest absolute Gasteiger partial charge is 0.336 e. The first-order chi connectivity index (χ1) is 13.9. The Morgan fingerprint density at radius 2 is 1.79 bits per heavy atom. The summed E-state index contributed by atoms with van der Waals surface area (Å²) >= 11 is 0. The van der Waals surface area contributed by atoms with Crippen molar-refractivity contribution in [2.24, 2.45) is 5.92 Å². The van der Waals surface area contributed by atoms with Gasteiger partial charge in [-0.15, -0.1) is 0 Å². The average molecular weight is 399 g/mol. The van der Waals surface area contributed by atoms with Crippen LogP contribution < -0.4 is 5.32 Å². The van der Waals surface area contributed by atoms with Gasteiger partial charge in [0.05, 0.1) is 0 Å². The number of carbonyl (C=O) groups is 3. The third-order valence-corrected chi connectivity index (χ3v) is 6.36. The summed E-state index contributed by atoms with van der Waals surface area (Å²) in [6.07, 6.45) is 2.01. The summed E-state index contributed by atoms with van der Waals surface area (Å²) in [5.74, 6) is 0.163. The highest BCUT2D eigenvalue weighted by atomic mass is 16.2. The maximum atomic E-state index is 13.1. The van der Waals surface area contributed by atoms with Crippen molar-refractivity contribution in [1.82, 2.24) is 20.0 Å². The smallest absolute Gasteiger partial charge is 0.325 e. The van der Waals surface area contributed by atoms with Crippen LogP contribution in [0.4, 0.5) is 4.79 Å². The summed E-state index contributed by atoms with van der Waals surface area (Å²) < 4.78 is 0. The van der Waals surface area contributed by atoms with Gasteiger partial charge in [0.25, 0.3) is 5.91 Å². The molecule has 0 aliphatic carbocycles. The second kappa shape index (κ2) is 7.78. The molecule has 0 aromatic heterocycles. The van der Waals surface area contributed by atoms with Crippen molar-refractivity contribution in [2.75, 3.05) is 32.7 Å². The summed E-state index contributed by atoms with van der Waals surface area (Å²) in [4.78, 5) is 43.7. The van der Waals surface area contributed by atoms with Crippen molar-refractivity contribution >= 4 is 17.8 Å². The van der Waals surface area contributed by atoms with Gasteiger partial charge in [0.2, 0.25) is 5.91 Å². The van der Waals surface area contributed by atoms with Crippen molar-refractivity contribution < 1.29 is 14.4 Å². The molecule has 0 atom stereocenters. The molecule has 0 unspecified atom stereocenters. The molecule has 156 valence electrons. The predicted molar refractivity (Wildman–Crippen MR) is 109 cm³/mol. The fourth-order valence-corrected chi connectivity index (χ4v) is 4.74. The highest BCUT2D eigenvalue weighted by molar-refractivity contribution is 6.09. The molecule has 3 aliphatic rings. The van der Waals surface area contributed by atoms with Crippen LogP contribution in [0.25, 0.3) is 0 Å². The number of rotatable bonds is 4. The summed E-state index contributed by atoms with van der Waals surface area (Å²) in [5, 5.41) is 2.91. The number of likely N-dealkylation sites (tertiary alicyclic amines) is 1. The van der Waals surface area contributed by atoms with Gasteiger partial charge in [0.1, 0.15) is 12.1 Å². The highest BCUT2D eigenvalue weighted by Gasteiger charge is 2.52. The molecule has 1 spiro atoms. The molecule has 0 saturated carbocycles. The van der Waals surface area contributed by atoms with Crippen LogP contribution in [0.1, 0.15) is 37.8 Å². The second-order valence-electron chi connectivity index (χ2n) is 8.93. The minimum absolute atomic E-state index is 0.169. The van der Waals surface area contributed by atoms with Crippen LogP contribution in [-0.4, -0.2) is 70.8 Å². The zero-order chi connectivity index (χ0) is 20.6. The fourth-order valence-electron chi connectivity index (χ4n) is 4.74. The van der Waals surface area contributed by atoms with Crippen molar-refractivity contribution in [3.8, 4) is 0 Å². The van der Waals surface area contributed by atoms with E-state index in [4.69, 9.17) is 0 Å². The molecule has 1 aromatic carbocycles. The van der Waals surface area contributed by atoms with Crippen molar-refractivity contribution in [1.29, 1.82) is 0 Å². The molecule has 1 N–H and O–H groups in total. The first-order valence-electron chi connectivity index (χ1n) is 10.6. The Morgan fingerprint density at radius 1 is 1.10 bits per heavy atom. The van der Waals surface area contributed by atoms with Crippen LogP contribution in [0.3, 0.4) is 0 Å². The van der Waals surface area contributed by atoms with E-state index in [1.165, 1.54) is 5.56 Å². The van der Waals surface area contributed by atoms with Gasteiger partial charge in [0.15, 0.2) is 0 Å². The number of nitrogens with zero attached hydrogens (tertiary/aromatic N) is 3. The van der Waals surface area contributed by atoms with E-state index in [2.05, 4.69) is 30.1 Å². The number of urea groups is 1. The Kier molecular flexibility index (Phi) is 5.34. The molecule has 2 saturated heterocycles. The third kappa shape index (κ3) is 3.88. The van der Waals surface area contributed by atoms with Crippen LogP contribution in [-0.2, 0) is 22.6 Å². The normalized spacial score (nSPS) is 21.6. The molecule has 1 aromatic rings. The van der Waals surface area contributed by atoms with Gasteiger partial charge in [-0.05, 0) is 36.3 Å². The lowest BCUT2D eigenvalue weighted by atomic mass is 9.87. The molecular formula is C22H30N4O3. The molecule has 3 heterocycles. The second-order valence-corrected chi connectivity index (χ2v) is 8.93. The van der Waals surface area contributed by atoms with Gasteiger partial charge >= 0.3 is 6.03 Å². The molecule has 4 amide bonds. The fraction of sp³-hybridized carbons (Fsp3) is 0.591. The lowest BCUT2D eigenvalue weighted by Crippen LogP contribution is -2.55. The van der Waals surface area contributed by atoms with E-state index in [0.29, 0.717) is 31.8 Å². The van der Waals surface area contributed by atoms with Gasteiger partial charge in [-0.3, -0.25) is 14.5 Å². The average Bonchev–Trinajstić information content (AvgIpc) is 2.93. The maximum Gasteiger partial charge on any atom is 0.325 e. The number of fused-ring (bicyclic) bond motifs is 1. The third-order valence-electron chi connectivity index (χ3n) is 6.36. The SMILES string of the molecule is CC(C)CN1CCC2(CC1)NC(=O)N(CC(=O)N1CCc3ccccc3C1)C2=O. The van der Waals surface area contributed by atoms with Crippen LogP contribution >= 0.6 is 0 Å². The molecular weight excluding hydrogens is 368 g/mol. The Bertz CT molecular complexity index is 814. The quantitative estimate of drug-likeness (QED) is 0.783. The Morgan fingerprint density at radius 3 is 2.48 bits per heavy atom. The van der Waals surface area contributed by atoms with E-state index in [-0.39, 0.29) is 18.4 Å². The van der Waals surface area contributed by atoms with Gasteiger partial charge < -0.3 is 15.1 Å². The van der Waals surface area contributed by atoms with E-state index in [9.17, 15) is 14.4 Å². The van der Waals surface area contributed by atoms with Gasteiger partial charge in [-0.2, -0.15) is 0 Å². The number of nitrogens with one attached hydrogen (secondary N) is 1. The first-order valence-corrected chi connectivity index (χ1v) is 10.6. The topological polar surface area (TPSA) is 73.0 Å². The zero-order valence-corrected chi connectivity index (χ0v) is 17.3. The van der Waals surface area contributed by atoms with Gasteiger partial charge in [0, 0.05) is 32.7 Å². The zero-order valence-electron chi connectivity index (χ0n) is 17.3. The Balaban J connectivity index is 1.38. The van der Waals surface area contributed by atoms with E-state index in [0.717, 1.165) is 36.5 Å². The van der Waals surface area contributed by atoms with Gasteiger partial charge in [-0.25, -0.2) is 4.79 Å². The number of hydrogen-bond acceptors (Lipinski definition) is 4. The number of amides is 4. The van der Waals surface area contributed by atoms with Crippen LogP contribution in [0, 0.1) is 5.92 Å². The summed E-state index contributed by atoms with van der Waals surface area (Å²) in [6, 6.07) is 7.67. The lowest BCUT2D eigenvalue weighted by molar-refractivity contribution is -0.140. The number of piperidine rings is 1.